The topological polar surface area (TPSA) is 87.4 Å². The summed E-state index contributed by atoms with van der Waals surface area (Å²) < 4.78 is 7.69. The third-order valence-electron chi connectivity index (χ3n) is 6.82. The molecule has 0 radical (unpaired) electrons. The molecule has 196 valence electrons. The first-order valence-corrected chi connectivity index (χ1v) is 12.8. The molecule has 2 aromatic heterocycles. The summed E-state index contributed by atoms with van der Waals surface area (Å²) in [4.78, 5) is 34.9. The van der Waals surface area contributed by atoms with E-state index in [-0.39, 0.29) is 11.3 Å². The number of hydrogen-bond donors (Lipinski definition) is 1. The maximum absolute atomic E-state index is 13.4. The zero-order valence-corrected chi connectivity index (χ0v) is 22.3. The molecule has 8 nitrogen and oxygen atoms in total. The summed E-state index contributed by atoms with van der Waals surface area (Å²) in [6.07, 6.45) is 4.57. The number of nitrogens with zero attached hydrogens (tertiary/aromatic N) is 4. The first-order chi connectivity index (χ1) is 17.7. The van der Waals surface area contributed by atoms with E-state index in [2.05, 4.69) is 11.9 Å². The van der Waals surface area contributed by atoms with Crippen LogP contribution in [0, 0.1) is 13.8 Å². The third kappa shape index (κ3) is 5.25. The number of benzene rings is 1. The van der Waals surface area contributed by atoms with Crippen molar-refractivity contribution < 1.29 is 19.4 Å². The molecule has 3 aromatic rings. The van der Waals surface area contributed by atoms with Crippen molar-refractivity contribution in [1.29, 1.82) is 0 Å². The molecule has 8 heteroatoms. The van der Waals surface area contributed by atoms with Gasteiger partial charge < -0.3 is 24.0 Å². The number of aromatic nitrogens is 2. The van der Waals surface area contributed by atoms with Crippen molar-refractivity contribution in [2.24, 2.45) is 0 Å². The van der Waals surface area contributed by atoms with Crippen LogP contribution >= 0.6 is 0 Å². The van der Waals surface area contributed by atoms with Crippen molar-refractivity contribution in [3.05, 3.63) is 70.7 Å². The zero-order chi connectivity index (χ0) is 26.7. The first kappa shape index (κ1) is 26.4. The standard InChI is InChI=1S/C29H36N4O4/c1-6-7-18-37-22-13-11-21(12-14-22)25-23(27(35)29(36)33(25)17-9-15-31(4)5)26(34)24-20(3)32-16-8-10-19(2)28(32)30-24/h8,10-14,16,25,34H,6-7,9,15,17-18H2,1-5H3. The number of likely N-dealkylation sites (tertiary alicyclic amines) is 1. The quantitative estimate of drug-likeness (QED) is 0.189. The highest BCUT2D eigenvalue weighted by Crippen LogP contribution is 2.40. The highest BCUT2D eigenvalue weighted by molar-refractivity contribution is 6.46. The average Bonchev–Trinajstić information content (AvgIpc) is 3.34. The highest BCUT2D eigenvalue weighted by atomic mass is 16.5. The van der Waals surface area contributed by atoms with Crippen molar-refractivity contribution >= 4 is 23.1 Å². The molecule has 1 aliphatic rings. The Labute approximate surface area is 218 Å². The van der Waals surface area contributed by atoms with Crippen LogP contribution in [0.5, 0.6) is 5.75 Å². The van der Waals surface area contributed by atoms with Crippen LogP contribution in [0.15, 0.2) is 48.2 Å². The number of unbranched alkanes of at least 4 members (excludes halogenated alkanes) is 1. The second-order valence-corrected chi connectivity index (χ2v) is 9.85. The molecule has 1 amide bonds. The van der Waals surface area contributed by atoms with E-state index in [4.69, 9.17) is 4.74 Å². The number of aliphatic hydroxyl groups excluding tert-OH is 1. The molecule has 1 N–H and O–H groups in total. The molecular formula is C29H36N4O4. The average molecular weight is 505 g/mol. The monoisotopic (exact) mass is 504 g/mol. The Kier molecular flexibility index (Phi) is 7.97. The smallest absolute Gasteiger partial charge is 0.295 e. The predicted molar refractivity (Wildman–Crippen MR) is 144 cm³/mol. The maximum atomic E-state index is 13.4. The molecule has 1 unspecified atom stereocenters. The van der Waals surface area contributed by atoms with Gasteiger partial charge >= 0.3 is 0 Å². The lowest BCUT2D eigenvalue weighted by molar-refractivity contribution is -0.139. The third-order valence-corrected chi connectivity index (χ3v) is 6.82. The van der Waals surface area contributed by atoms with Crippen molar-refractivity contribution in [3.8, 4) is 5.75 Å². The fourth-order valence-electron chi connectivity index (χ4n) is 4.77. The number of ketones is 1. The van der Waals surface area contributed by atoms with Crippen LogP contribution in [-0.2, 0) is 9.59 Å². The van der Waals surface area contributed by atoms with E-state index < -0.39 is 17.7 Å². The summed E-state index contributed by atoms with van der Waals surface area (Å²) in [5.41, 5.74) is 3.47. The lowest BCUT2D eigenvalue weighted by Crippen LogP contribution is -2.32. The lowest BCUT2D eigenvalue weighted by Gasteiger charge is -2.26. The van der Waals surface area contributed by atoms with Crippen molar-refractivity contribution in [3.63, 3.8) is 0 Å². The van der Waals surface area contributed by atoms with Gasteiger partial charge in [0.1, 0.15) is 17.1 Å². The Hall–Kier alpha value is -3.65. The first-order valence-electron chi connectivity index (χ1n) is 12.8. The van der Waals surface area contributed by atoms with Gasteiger partial charge in [-0.1, -0.05) is 31.5 Å². The molecule has 1 atom stereocenters. The maximum Gasteiger partial charge on any atom is 0.295 e. The molecule has 1 saturated heterocycles. The minimum Gasteiger partial charge on any atom is -0.505 e. The number of pyridine rings is 1. The second-order valence-electron chi connectivity index (χ2n) is 9.85. The minimum absolute atomic E-state index is 0.0682. The number of carbonyl (C=O) groups is 2. The summed E-state index contributed by atoms with van der Waals surface area (Å²) in [7, 11) is 3.94. The van der Waals surface area contributed by atoms with Gasteiger partial charge in [0.2, 0.25) is 0 Å². The zero-order valence-electron chi connectivity index (χ0n) is 22.3. The Morgan fingerprint density at radius 2 is 1.84 bits per heavy atom. The fourth-order valence-corrected chi connectivity index (χ4v) is 4.77. The molecule has 1 fully saturated rings. The van der Waals surface area contributed by atoms with Crippen molar-refractivity contribution in [2.75, 3.05) is 33.8 Å². The van der Waals surface area contributed by atoms with Crippen LogP contribution in [0.3, 0.4) is 0 Å². The van der Waals surface area contributed by atoms with Crippen molar-refractivity contribution in [2.45, 2.75) is 46.1 Å². The molecular weight excluding hydrogens is 468 g/mol. The number of ether oxygens (including phenoxy) is 1. The lowest BCUT2D eigenvalue weighted by atomic mass is 9.96. The summed E-state index contributed by atoms with van der Waals surface area (Å²) >= 11 is 0. The van der Waals surface area contributed by atoms with Crippen LogP contribution in [-0.4, -0.2) is 69.8 Å². The normalized spacial score (nSPS) is 17.4. The Morgan fingerprint density at radius 3 is 2.49 bits per heavy atom. The van der Waals surface area contributed by atoms with Crippen LogP contribution in [0.25, 0.3) is 11.4 Å². The molecule has 0 bridgehead atoms. The van der Waals surface area contributed by atoms with E-state index in [1.54, 1.807) is 4.90 Å². The summed E-state index contributed by atoms with van der Waals surface area (Å²) in [6, 6.07) is 10.6. The molecule has 1 aliphatic heterocycles. The van der Waals surface area contributed by atoms with Crippen LogP contribution in [0.1, 0.15) is 54.7 Å². The van der Waals surface area contributed by atoms with Gasteiger partial charge in [0.05, 0.1) is 23.9 Å². The minimum atomic E-state index is -0.711. The highest BCUT2D eigenvalue weighted by Gasteiger charge is 2.46. The molecule has 4 rings (SSSR count). The predicted octanol–water partition coefficient (Wildman–Crippen LogP) is 4.50. The molecule has 0 saturated carbocycles. The fraction of sp³-hybridized carbons (Fsp3) is 0.414. The number of carbonyl (C=O) groups excluding carboxylic acids is 2. The SMILES string of the molecule is CCCCOc1ccc(C2C(=C(O)c3nc4c(C)cccn4c3C)C(=O)C(=O)N2CCCN(C)C)cc1. The number of Topliss-reactive ketones (excluding diaryl/α,β-unsaturated/α-hetero) is 1. The van der Waals surface area contributed by atoms with E-state index >= 15 is 0 Å². The van der Waals surface area contributed by atoms with Crippen LogP contribution < -0.4 is 4.74 Å². The van der Waals surface area contributed by atoms with E-state index in [0.717, 1.165) is 36.3 Å². The van der Waals surface area contributed by atoms with Crippen molar-refractivity contribution in [1.82, 2.24) is 19.2 Å². The van der Waals surface area contributed by atoms with E-state index in [1.807, 2.05) is 79.8 Å². The van der Waals surface area contributed by atoms with Gasteiger partial charge in [-0.25, -0.2) is 4.98 Å². The number of fused-ring (bicyclic) bond motifs is 1. The van der Waals surface area contributed by atoms with Gasteiger partial charge in [-0.05, 0) is 76.7 Å². The van der Waals surface area contributed by atoms with Gasteiger partial charge in [-0.15, -0.1) is 0 Å². The van der Waals surface area contributed by atoms with E-state index in [1.165, 1.54) is 0 Å². The Bertz CT molecular complexity index is 1320. The van der Waals surface area contributed by atoms with E-state index in [0.29, 0.717) is 36.6 Å². The molecule has 0 spiro atoms. The van der Waals surface area contributed by atoms with Crippen LogP contribution in [0.4, 0.5) is 0 Å². The van der Waals surface area contributed by atoms with Gasteiger partial charge in [0, 0.05) is 12.7 Å². The summed E-state index contributed by atoms with van der Waals surface area (Å²) in [5.74, 6) is -0.814. The van der Waals surface area contributed by atoms with Crippen LogP contribution in [0.2, 0.25) is 0 Å². The largest absolute Gasteiger partial charge is 0.505 e. The van der Waals surface area contributed by atoms with E-state index in [9.17, 15) is 14.7 Å². The number of rotatable bonds is 10. The van der Waals surface area contributed by atoms with Gasteiger partial charge in [-0.3, -0.25) is 9.59 Å². The number of aliphatic hydroxyl groups is 1. The molecule has 3 heterocycles. The van der Waals surface area contributed by atoms with Gasteiger partial charge in [0.25, 0.3) is 11.7 Å². The molecule has 1 aromatic carbocycles. The Balaban J connectivity index is 1.79. The molecule has 37 heavy (non-hydrogen) atoms. The summed E-state index contributed by atoms with van der Waals surface area (Å²) in [6.45, 7) is 7.69. The second kappa shape index (κ2) is 11.2. The number of imidazole rings is 1. The van der Waals surface area contributed by atoms with Gasteiger partial charge in [0.15, 0.2) is 5.76 Å². The summed E-state index contributed by atoms with van der Waals surface area (Å²) in [5, 5.41) is 11.5. The number of hydrogen-bond acceptors (Lipinski definition) is 6. The number of aryl methyl sites for hydroxylation is 2. The number of amides is 1. The van der Waals surface area contributed by atoms with Gasteiger partial charge in [-0.2, -0.15) is 0 Å². The molecule has 0 aliphatic carbocycles. The Morgan fingerprint density at radius 1 is 1.11 bits per heavy atom.